The van der Waals surface area contributed by atoms with E-state index < -0.39 is 0 Å². The van der Waals surface area contributed by atoms with Gasteiger partial charge < -0.3 is 5.32 Å². The average molecular weight is 265 g/mol. The molecule has 0 aliphatic rings. The molecule has 0 saturated heterocycles. The maximum absolute atomic E-state index is 11.4. The molecule has 0 unspecified atom stereocenters. The van der Waals surface area contributed by atoms with Crippen LogP contribution in [0.4, 0.5) is 5.82 Å². The van der Waals surface area contributed by atoms with E-state index in [1.54, 1.807) is 4.57 Å². The van der Waals surface area contributed by atoms with Gasteiger partial charge in [-0.05, 0) is 18.6 Å². The fraction of sp³-hybridized carbons (Fsp3) is 0.364. The number of aromatic amines is 1. The van der Waals surface area contributed by atoms with Gasteiger partial charge in [-0.1, -0.05) is 17.8 Å². The molecule has 0 bridgehead atoms. The van der Waals surface area contributed by atoms with Crippen molar-refractivity contribution in [2.45, 2.75) is 24.4 Å². The van der Waals surface area contributed by atoms with Gasteiger partial charge in [0.15, 0.2) is 5.16 Å². The number of hydrogen-bond acceptors (Lipinski definition) is 5. The second kappa shape index (κ2) is 5.72. The first kappa shape index (κ1) is 12.7. The summed E-state index contributed by atoms with van der Waals surface area (Å²) < 4.78 is 1.61. The molecule has 2 heterocycles. The van der Waals surface area contributed by atoms with E-state index in [2.05, 4.69) is 20.5 Å². The number of thioether (sulfide) groups is 1. The quantitative estimate of drug-likeness (QED) is 0.797. The summed E-state index contributed by atoms with van der Waals surface area (Å²) >= 11 is 1.52. The van der Waals surface area contributed by atoms with Gasteiger partial charge in [-0.25, -0.2) is 14.9 Å². The van der Waals surface area contributed by atoms with Crippen LogP contribution in [0.3, 0.4) is 0 Å². The molecule has 0 aromatic carbocycles. The maximum Gasteiger partial charge on any atom is 0.343 e. The first-order chi connectivity index (χ1) is 8.74. The predicted octanol–water partition coefficient (Wildman–Crippen LogP) is 1.32. The van der Waals surface area contributed by atoms with E-state index in [0.717, 1.165) is 17.1 Å². The van der Waals surface area contributed by atoms with Gasteiger partial charge in [0.25, 0.3) is 0 Å². The van der Waals surface area contributed by atoms with Gasteiger partial charge in [0.2, 0.25) is 0 Å². The number of hydrogen-bond donors (Lipinski definition) is 2. The zero-order valence-electron chi connectivity index (χ0n) is 10.3. The molecule has 0 aliphatic carbocycles. The highest BCUT2D eigenvalue weighted by Crippen LogP contribution is 2.19. The van der Waals surface area contributed by atoms with E-state index in [1.807, 2.05) is 32.3 Å². The Balaban J connectivity index is 2.04. The van der Waals surface area contributed by atoms with Gasteiger partial charge in [-0.3, -0.25) is 4.57 Å². The van der Waals surface area contributed by atoms with Crippen molar-refractivity contribution in [3.63, 3.8) is 0 Å². The van der Waals surface area contributed by atoms with Gasteiger partial charge in [0.1, 0.15) is 5.82 Å². The van der Waals surface area contributed by atoms with Crippen LogP contribution in [0.2, 0.25) is 0 Å². The Morgan fingerprint density at radius 3 is 2.94 bits per heavy atom. The van der Waals surface area contributed by atoms with Crippen molar-refractivity contribution in [1.29, 1.82) is 0 Å². The molecule has 7 heteroatoms. The first-order valence-corrected chi connectivity index (χ1v) is 6.64. The van der Waals surface area contributed by atoms with Crippen LogP contribution in [0.25, 0.3) is 0 Å². The van der Waals surface area contributed by atoms with Gasteiger partial charge in [0, 0.05) is 25.5 Å². The monoisotopic (exact) mass is 265 g/mol. The Labute approximate surface area is 109 Å². The number of nitrogens with one attached hydrogen (secondary N) is 2. The second-order valence-corrected chi connectivity index (χ2v) is 4.59. The lowest BCUT2D eigenvalue weighted by Crippen LogP contribution is -2.16. The summed E-state index contributed by atoms with van der Waals surface area (Å²) in [5.41, 5.74) is 0.931. The van der Waals surface area contributed by atoms with Crippen LogP contribution in [-0.2, 0) is 12.3 Å². The zero-order chi connectivity index (χ0) is 13.0. The van der Waals surface area contributed by atoms with Gasteiger partial charge in [0.05, 0.1) is 0 Å². The standard InChI is InChI=1S/C11H15N5OS/c1-3-16-10(17)14-15-11(16)18-7-8-4-5-9(12-2)13-6-8/h4-6H,3,7H2,1-2H3,(H,12,13)(H,14,17). The molecule has 2 aromatic heterocycles. The lowest BCUT2D eigenvalue weighted by atomic mass is 10.3. The van der Waals surface area contributed by atoms with Crippen molar-refractivity contribution in [2.75, 3.05) is 12.4 Å². The summed E-state index contributed by atoms with van der Waals surface area (Å²) in [4.78, 5) is 15.6. The third-order valence-electron chi connectivity index (χ3n) is 2.49. The molecule has 0 radical (unpaired) electrons. The lowest BCUT2D eigenvalue weighted by molar-refractivity contribution is 0.660. The topological polar surface area (TPSA) is 75.6 Å². The van der Waals surface area contributed by atoms with E-state index >= 15 is 0 Å². The van der Waals surface area contributed by atoms with Crippen molar-refractivity contribution >= 4 is 17.6 Å². The van der Waals surface area contributed by atoms with Crippen LogP contribution >= 0.6 is 11.8 Å². The molecular formula is C11H15N5OS. The predicted molar refractivity (Wildman–Crippen MR) is 71.9 cm³/mol. The minimum atomic E-state index is -0.163. The molecule has 2 aromatic rings. The summed E-state index contributed by atoms with van der Waals surface area (Å²) in [6, 6.07) is 3.93. The number of anilines is 1. The first-order valence-electron chi connectivity index (χ1n) is 5.65. The molecule has 2 N–H and O–H groups in total. The summed E-state index contributed by atoms with van der Waals surface area (Å²) in [6.07, 6.45) is 1.82. The minimum Gasteiger partial charge on any atom is -0.373 e. The molecule has 0 spiro atoms. The Morgan fingerprint density at radius 1 is 1.50 bits per heavy atom. The van der Waals surface area contributed by atoms with E-state index in [4.69, 9.17) is 0 Å². The molecule has 0 atom stereocenters. The molecule has 2 rings (SSSR count). The molecule has 18 heavy (non-hydrogen) atoms. The largest absolute Gasteiger partial charge is 0.373 e. The smallest absolute Gasteiger partial charge is 0.343 e. The Kier molecular flexibility index (Phi) is 4.03. The van der Waals surface area contributed by atoms with Crippen LogP contribution in [0.5, 0.6) is 0 Å². The van der Waals surface area contributed by atoms with Crippen molar-refractivity contribution in [3.05, 3.63) is 34.4 Å². The summed E-state index contributed by atoms with van der Waals surface area (Å²) in [5, 5.41) is 10.1. The van der Waals surface area contributed by atoms with Crippen molar-refractivity contribution in [2.24, 2.45) is 0 Å². The highest BCUT2D eigenvalue weighted by molar-refractivity contribution is 7.98. The SMILES string of the molecule is CCn1c(SCc2ccc(NC)nc2)n[nH]c1=O. The minimum absolute atomic E-state index is 0.163. The maximum atomic E-state index is 11.4. The van der Waals surface area contributed by atoms with E-state index in [0.29, 0.717) is 11.7 Å². The van der Waals surface area contributed by atoms with Crippen LogP contribution in [-0.4, -0.2) is 26.8 Å². The molecule has 0 saturated carbocycles. The normalized spacial score (nSPS) is 10.6. The Hall–Kier alpha value is -1.76. The van der Waals surface area contributed by atoms with Gasteiger partial charge >= 0.3 is 5.69 Å². The number of H-pyrrole nitrogens is 1. The van der Waals surface area contributed by atoms with Crippen LogP contribution in [0.1, 0.15) is 12.5 Å². The van der Waals surface area contributed by atoms with Crippen molar-refractivity contribution in [1.82, 2.24) is 19.7 Å². The van der Waals surface area contributed by atoms with Gasteiger partial charge in [-0.15, -0.1) is 5.10 Å². The third-order valence-corrected chi connectivity index (χ3v) is 3.54. The summed E-state index contributed by atoms with van der Waals surface area (Å²) in [7, 11) is 1.83. The second-order valence-electron chi connectivity index (χ2n) is 3.65. The van der Waals surface area contributed by atoms with E-state index in [9.17, 15) is 4.79 Å². The molecule has 0 aliphatic heterocycles. The van der Waals surface area contributed by atoms with Gasteiger partial charge in [-0.2, -0.15) is 0 Å². The molecule has 0 amide bonds. The average Bonchev–Trinajstić information content (AvgIpc) is 2.77. The fourth-order valence-electron chi connectivity index (χ4n) is 1.50. The van der Waals surface area contributed by atoms with Crippen molar-refractivity contribution in [3.8, 4) is 0 Å². The van der Waals surface area contributed by atoms with Crippen LogP contribution < -0.4 is 11.0 Å². The molecule has 6 nitrogen and oxygen atoms in total. The molecule has 96 valence electrons. The van der Waals surface area contributed by atoms with E-state index in [-0.39, 0.29) is 5.69 Å². The number of aromatic nitrogens is 4. The highest BCUT2D eigenvalue weighted by atomic mass is 32.2. The number of pyridine rings is 1. The number of rotatable bonds is 5. The zero-order valence-corrected chi connectivity index (χ0v) is 11.1. The molecule has 0 fully saturated rings. The van der Waals surface area contributed by atoms with Crippen molar-refractivity contribution < 1.29 is 0 Å². The van der Waals surface area contributed by atoms with Crippen LogP contribution in [0, 0.1) is 0 Å². The van der Waals surface area contributed by atoms with E-state index in [1.165, 1.54) is 11.8 Å². The number of nitrogens with zero attached hydrogens (tertiary/aromatic N) is 3. The summed E-state index contributed by atoms with van der Waals surface area (Å²) in [5.74, 6) is 1.58. The Bertz CT molecular complexity index is 560. The highest BCUT2D eigenvalue weighted by Gasteiger charge is 2.07. The molecular weight excluding hydrogens is 250 g/mol. The third kappa shape index (κ3) is 2.73. The Morgan fingerprint density at radius 2 is 2.33 bits per heavy atom. The van der Waals surface area contributed by atoms with Crippen LogP contribution in [0.15, 0.2) is 28.3 Å². The lowest BCUT2D eigenvalue weighted by Gasteiger charge is -2.03. The fourth-order valence-corrected chi connectivity index (χ4v) is 2.44. The summed E-state index contributed by atoms with van der Waals surface area (Å²) in [6.45, 7) is 2.54.